The molecule has 2 aromatic rings. The van der Waals surface area contributed by atoms with E-state index < -0.39 is 10.4 Å². The van der Waals surface area contributed by atoms with Crippen LogP contribution in [0.5, 0.6) is 0 Å². The van der Waals surface area contributed by atoms with Crippen LogP contribution in [0, 0.1) is 6.92 Å². The van der Waals surface area contributed by atoms with Crippen molar-refractivity contribution in [2.45, 2.75) is 13.3 Å². The minimum atomic E-state index is -4.69. The Hall–Kier alpha value is -1.94. The van der Waals surface area contributed by atoms with Gasteiger partial charge < -0.3 is 4.90 Å². The Morgan fingerprint density at radius 2 is 2.12 bits per heavy atom. The van der Waals surface area contributed by atoms with Crippen LogP contribution >= 0.6 is 22.9 Å². The molecule has 1 aliphatic rings. The van der Waals surface area contributed by atoms with E-state index in [-0.39, 0.29) is 18.9 Å². The third-order valence-electron chi connectivity index (χ3n) is 3.67. The number of nitrogens with zero attached hydrogens (tertiary/aromatic N) is 2. The van der Waals surface area contributed by atoms with E-state index in [9.17, 15) is 13.2 Å². The predicted octanol–water partition coefficient (Wildman–Crippen LogP) is 3.28. The number of rotatable bonds is 3. The lowest BCUT2D eigenvalue weighted by molar-refractivity contribution is 0.0986. The lowest BCUT2D eigenvalue weighted by Gasteiger charge is -2.28. The van der Waals surface area contributed by atoms with E-state index in [1.54, 1.807) is 23.1 Å². The molecular formula is C15H13ClN2O5S2. The molecule has 0 fully saturated rings. The second-order valence-corrected chi connectivity index (χ2v) is 8.01. The zero-order valence-corrected chi connectivity index (χ0v) is 15.4. The van der Waals surface area contributed by atoms with Crippen LogP contribution in [0.4, 0.5) is 5.69 Å². The summed E-state index contributed by atoms with van der Waals surface area (Å²) in [6.45, 7) is 2.13. The Bertz CT molecular complexity index is 968. The molecular weight excluding hydrogens is 388 g/mol. The minimum Gasteiger partial charge on any atom is -0.306 e. The number of amides is 1. The van der Waals surface area contributed by atoms with Crippen LogP contribution in [0.15, 0.2) is 35.5 Å². The fourth-order valence-electron chi connectivity index (χ4n) is 2.56. The molecule has 1 aromatic carbocycles. The summed E-state index contributed by atoms with van der Waals surface area (Å²) in [6.07, 6.45) is 0.261. The van der Waals surface area contributed by atoms with Gasteiger partial charge in [0.15, 0.2) is 0 Å². The van der Waals surface area contributed by atoms with Crippen LogP contribution in [0.25, 0.3) is 0 Å². The molecule has 0 bridgehead atoms. The highest BCUT2D eigenvalue weighted by Gasteiger charge is 2.30. The molecule has 1 N–H and O–H groups in total. The Balaban J connectivity index is 1.99. The van der Waals surface area contributed by atoms with Gasteiger partial charge >= 0.3 is 10.4 Å². The van der Waals surface area contributed by atoms with Gasteiger partial charge in [0.2, 0.25) is 0 Å². The Kier molecular flexibility index (Phi) is 4.83. The SMILES string of the molecule is Cc1ccccc1C(=O)N1CC/C(=N\OS(=O)(=O)O)c2sc(Cl)cc21. The molecule has 2 heterocycles. The van der Waals surface area contributed by atoms with Gasteiger partial charge in [0.25, 0.3) is 5.91 Å². The fourth-order valence-corrected chi connectivity index (χ4v) is 3.97. The van der Waals surface area contributed by atoms with Crippen LogP contribution in [-0.2, 0) is 14.7 Å². The van der Waals surface area contributed by atoms with E-state index >= 15 is 0 Å². The van der Waals surface area contributed by atoms with Gasteiger partial charge in [-0.25, -0.2) is 4.28 Å². The molecule has 0 unspecified atom stereocenters. The first-order chi connectivity index (χ1) is 11.8. The molecule has 1 amide bonds. The maximum atomic E-state index is 12.9. The maximum absolute atomic E-state index is 12.9. The third kappa shape index (κ3) is 3.84. The normalized spacial score (nSPS) is 16.0. The van der Waals surface area contributed by atoms with Crippen LogP contribution in [0.3, 0.4) is 0 Å². The van der Waals surface area contributed by atoms with Crippen molar-refractivity contribution in [1.82, 2.24) is 0 Å². The van der Waals surface area contributed by atoms with Crippen molar-refractivity contribution in [3.05, 3.63) is 50.7 Å². The largest absolute Gasteiger partial charge is 0.466 e. The van der Waals surface area contributed by atoms with Crippen molar-refractivity contribution in [1.29, 1.82) is 0 Å². The van der Waals surface area contributed by atoms with Gasteiger partial charge in [0.1, 0.15) is 5.71 Å². The van der Waals surface area contributed by atoms with E-state index in [0.717, 1.165) is 16.9 Å². The lowest BCUT2D eigenvalue weighted by atomic mass is 10.0. The van der Waals surface area contributed by atoms with E-state index in [4.69, 9.17) is 16.2 Å². The third-order valence-corrected chi connectivity index (χ3v) is 5.24. The lowest BCUT2D eigenvalue weighted by Crippen LogP contribution is -2.37. The van der Waals surface area contributed by atoms with E-state index in [2.05, 4.69) is 9.44 Å². The molecule has 0 aliphatic carbocycles. The van der Waals surface area contributed by atoms with E-state index in [1.165, 1.54) is 0 Å². The summed E-state index contributed by atoms with van der Waals surface area (Å²) in [4.78, 5) is 15.0. The van der Waals surface area contributed by atoms with Gasteiger partial charge in [-0.1, -0.05) is 35.0 Å². The molecule has 10 heteroatoms. The number of anilines is 1. The Labute approximate surface area is 153 Å². The smallest absolute Gasteiger partial charge is 0.306 e. The first-order valence-corrected chi connectivity index (χ1v) is 9.72. The standard InChI is InChI=1S/C15H13ClN2O5S2/c1-9-4-2-3-5-10(9)15(19)18-7-6-11(17-23-25(20,21)22)14-12(18)8-13(16)24-14/h2-5,8H,6-7H2,1H3,(H,20,21,22)/b17-11+. The first-order valence-electron chi connectivity index (χ1n) is 7.16. The molecule has 1 aliphatic heterocycles. The number of benzene rings is 1. The molecule has 3 rings (SSSR count). The summed E-state index contributed by atoms with van der Waals surface area (Å²) in [5.41, 5.74) is 2.26. The monoisotopic (exact) mass is 400 g/mol. The Morgan fingerprint density at radius 1 is 1.40 bits per heavy atom. The van der Waals surface area contributed by atoms with Crippen LogP contribution in [0.1, 0.15) is 27.2 Å². The van der Waals surface area contributed by atoms with Crippen LogP contribution in [-0.4, -0.2) is 31.1 Å². The molecule has 7 nitrogen and oxygen atoms in total. The van der Waals surface area contributed by atoms with Gasteiger partial charge in [0, 0.05) is 18.5 Å². The molecule has 0 radical (unpaired) electrons. The van der Waals surface area contributed by atoms with Gasteiger partial charge in [-0.2, -0.15) is 8.42 Å². The molecule has 0 saturated heterocycles. The number of hydrogen-bond donors (Lipinski definition) is 1. The van der Waals surface area contributed by atoms with Crippen molar-refractivity contribution in [3.8, 4) is 0 Å². The fraction of sp³-hybridized carbons (Fsp3) is 0.200. The summed E-state index contributed by atoms with van der Waals surface area (Å²) < 4.78 is 34.7. The number of carbonyl (C=O) groups is 1. The maximum Gasteiger partial charge on any atom is 0.466 e. The van der Waals surface area contributed by atoms with Crippen molar-refractivity contribution in [3.63, 3.8) is 0 Å². The first kappa shape index (κ1) is 17.9. The van der Waals surface area contributed by atoms with E-state index in [1.807, 2.05) is 19.1 Å². The molecule has 0 saturated carbocycles. The zero-order valence-electron chi connectivity index (χ0n) is 13.0. The van der Waals surface area contributed by atoms with Gasteiger partial charge in [-0.15, -0.1) is 11.3 Å². The molecule has 132 valence electrons. The van der Waals surface area contributed by atoms with Crippen molar-refractivity contribution in [2.75, 3.05) is 11.4 Å². The second-order valence-electron chi connectivity index (χ2n) is 5.33. The minimum absolute atomic E-state index is 0.177. The number of carbonyl (C=O) groups excluding carboxylic acids is 1. The highest BCUT2D eigenvalue weighted by molar-refractivity contribution is 7.80. The number of hydrogen-bond acceptors (Lipinski definition) is 6. The topological polar surface area (TPSA) is 96.3 Å². The Morgan fingerprint density at radius 3 is 2.80 bits per heavy atom. The molecule has 0 spiro atoms. The summed E-state index contributed by atoms with van der Waals surface area (Å²) in [5, 5.41) is 3.49. The van der Waals surface area contributed by atoms with Crippen LogP contribution < -0.4 is 4.90 Å². The zero-order chi connectivity index (χ0) is 18.2. The number of fused-ring (bicyclic) bond motifs is 1. The molecule has 1 aromatic heterocycles. The van der Waals surface area contributed by atoms with Crippen molar-refractivity contribution >= 4 is 50.6 Å². The summed E-state index contributed by atoms with van der Waals surface area (Å²) in [6, 6.07) is 8.87. The second kappa shape index (κ2) is 6.75. The molecule has 0 atom stereocenters. The number of aryl methyl sites for hydroxylation is 1. The number of thiophene rings is 1. The van der Waals surface area contributed by atoms with Gasteiger partial charge in [0.05, 0.1) is 14.9 Å². The molecule has 25 heavy (non-hydrogen) atoms. The highest BCUT2D eigenvalue weighted by Crippen LogP contribution is 2.38. The summed E-state index contributed by atoms with van der Waals surface area (Å²) in [5.74, 6) is -0.177. The van der Waals surface area contributed by atoms with Crippen LogP contribution in [0.2, 0.25) is 4.34 Å². The number of oxime groups is 1. The number of halogens is 1. The van der Waals surface area contributed by atoms with Crippen molar-refractivity contribution in [2.24, 2.45) is 5.16 Å². The van der Waals surface area contributed by atoms with Gasteiger partial charge in [-0.3, -0.25) is 9.35 Å². The summed E-state index contributed by atoms with van der Waals surface area (Å²) >= 11 is 7.22. The highest BCUT2D eigenvalue weighted by atomic mass is 35.5. The van der Waals surface area contributed by atoms with Crippen molar-refractivity contribution < 1.29 is 22.0 Å². The average Bonchev–Trinajstić information content (AvgIpc) is 2.93. The quantitative estimate of drug-likeness (QED) is 0.630. The average molecular weight is 401 g/mol. The predicted molar refractivity (Wildman–Crippen MR) is 96.0 cm³/mol. The van der Waals surface area contributed by atoms with E-state index in [0.29, 0.717) is 26.2 Å². The van der Waals surface area contributed by atoms with Gasteiger partial charge in [-0.05, 0) is 24.6 Å². The summed E-state index contributed by atoms with van der Waals surface area (Å²) in [7, 11) is -4.69.